The van der Waals surface area contributed by atoms with Crippen LogP contribution in [-0.4, -0.2) is 24.1 Å². The van der Waals surface area contributed by atoms with Crippen LogP contribution in [0, 0.1) is 5.41 Å². The van der Waals surface area contributed by atoms with Gasteiger partial charge in [0.1, 0.15) is 6.61 Å². The van der Waals surface area contributed by atoms with Crippen LogP contribution >= 0.6 is 0 Å². The normalized spacial score (nSPS) is 22.3. The average Bonchev–Trinajstić information content (AvgIpc) is 2.80. The highest BCUT2D eigenvalue weighted by Crippen LogP contribution is 2.33. The largest absolute Gasteiger partial charge is 0.445 e. The van der Waals surface area contributed by atoms with Crippen molar-refractivity contribution in [1.29, 1.82) is 0 Å². The fourth-order valence-corrected chi connectivity index (χ4v) is 2.51. The Morgan fingerprint density at radius 3 is 2.89 bits per heavy atom. The van der Waals surface area contributed by atoms with Crippen molar-refractivity contribution in [3.63, 3.8) is 0 Å². The summed E-state index contributed by atoms with van der Waals surface area (Å²) in [4.78, 5) is 13.8. The molecule has 1 unspecified atom stereocenters. The Labute approximate surface area is 114 Å². The van der Waals surface area contributed by atoms with Crippen molar-refractivity contribution in [2.24, 2.45) is 5.41 Å². The molecule has 0 bridgehead atoms. The van der Waals surface area contributed by atoms with Crippen molar-refractivity contribution >= 4 is 6.09 Å². The minimum absolute atomic E-state index is 0.160. The second-order valence-corrected chi connectivity index (χ2v) is 5.52. The molecule has 0 saturated carbocycles. The summed E-state index contributed by atoms with van der Waals surface area (Å²) in [6, 6.07) is 9.76. The topological polar surface area (TPSA) is 29.5 Å². The first-order valence-corrected chi connectivity index (χ1v) is 6.69. The van der Waals surface area contributed by atoms with Gasteiger partial charge < -0.3 is 9.64 Å². The molecule has 1 saturated heterocycles. The molecular formula is C16H21NO2. The van der Waals surface area contributed by atoms with Gasteiger partial charge in [0.05, 0.1) is 0 Å². The summed E-state index contributed by atoms with van der Waals surface area (Å²) in [5.74, 6) is 0. The molecular weight excluding hydrogens is 238 g/mol. The zero-order valence-corrected chi connectivity index (χ0v) is 11.5. The van der Waals surface area contributed by atoms with Gasteiger partial charge in [0.15, 0.2) is 0 Å². The van der Waals surface area contributed by atoms with E-state index >= 15 is 0 Å². The molecule has 1 fully saturated rings. The number of likely N-dealkylation sites (tertiary alicyclic amines) is 1. The van der Waals surface area contributed by atoms with E-state index in [4.69, 9.17) is 4.74 Å². The fraction of sp³-hybridized carbons (Fsp3) is 0.438. The Balaban J connectivity index is 1.83. The van der Waals surface area contributed by atoms with E-state index in [9.17, 15) is 4.79 Å². The smallest absolute Gasteiger partial charge is 0.410 e. The van der Waals surface area contributed by atoms with Crippen molar-refractivity contribution in [3.8, 4) is 0 Å². The lowest BCUT2D eigenvalue weighted by atomic mass is 9.86. The van der Waals surface area contributed by atoms with E-state index in [1.807, 2.05) is 36.4 Å². The molecule has 1 atom stereocenters. The maximum absolute atomic E-state index is 12.0. The predicted octanol–water partition coefficient (Wildman–Crippen LogP) is 3.61. The predicted molar refractivity (Wildman–Crippen MR) is 75.7 cm³/mol. The quantitative estimate of drug-likeness (QED) is 0.773. The highest BCUT2D eigenvalue weighted by molar-refractivity contribution is 5.68. The van der Waals surface area contributed by atoms with E-state index in [1.54, 1.807) is 4.90 Å². The van der Waals surface area contributed by atoms with Gasteiger partial charge in [-0.2, -0.15) is 0 Å². The molecule has 1 aromatic carbocycles. The van der Waals surface area contributed by atoms with Gasteiger partial charge in [-0.3, -0.25) is 0 Å². The average molecular weight is 259 g/mol. The molecule has 1 heterocycles. The third-order valence-corrected chi connectivity index (χ3v) is 3.66. The lowest BCUT2D eigenvalue weighted by Crippen LogP contribution is -2.31. The maximum Gasteiger partial charge on any atom is 0.410 e. The van der Waals surface area contributed by atoms with Crippen molar-refractivity contribution in [1.82, 2.24) is 4.90 Å². The molecule has 0 spiro atoms. The Hall–Kier alpha value is -1.77. The zero-order valence-electron chi connectivity index (χ0n) is 11.5. The first-order valence-electron chi connectivity index (χ1n) is 6.69. The molecule has 1 amide bonds. The molecule has 0 N–H and O–H groups in total. The van der Waals surface area contributed by atoms with Gasteiger partial charge >= 0.3 is 6.09 Å². The molecule has 102 valence electrons. The molecule has 0 aliphatic carbocycles. The van der Waals surface area contributed by atoms with Crippen LogP contribution in [0.25, 0.3) is 0 Å². The zero-order chi connectivity index (χ0) is 13.7. The van der Waals surface area contributed by atoms with Gasteiger partial charge in [-0.05, 0) is 23.8 Å². The highest BCUT2D eigenvalue weighted by atomic mass is 16.6. The number of ether oxygens (including phenoxy) is 1. The molecule has 3 nitrogen and oxygen atoms in total. The van der Waals surface area contributed by atoms with Gasteiger partial charge in [-0.25, -0.2) is 4.79 Å². The minimum Gasteiger partial charge on any atom is -0.445 e. The van der Waals surface area contributed by atoms with Crippen molar-refractivity contribution < 1.29 is 9.53 Å². The van der Waals surface area contributed by atoms with Crippen molar-refractivity contribution in [3.05, 3.63) is 48.6 Å². The number of carbonyl (C=O) groups is 1. The third kappa shape index (κ3) is 3.60. The number of carbonyl (C=O) groups excluding carboxylic acids is 1. The van der Waals surface area contributed by atoms with E-state index in [1.165, 1.54) is 0 Å². The Morgan fingerprint density at radius 2 is 2.21 bits per heavy atom. The third-order valence-electron chi connectivity index (χ3n) is 3.66. The standard InChI is InChI=1S/C16H21NO2/c1-3-9-16(2)10-11-17(13-16)15(18)19-12-14-7-5-4-6-8-14/h3-8H,1,9-13H2,2H3. The van der Waals surface area contributed by atoms with Crippen LogP contribution in [0.3, 0.4) is 0 Å². The van der Waals surface area contributed by atoms with Gasteiger partial charge in [-0.15, -0.1) is 6.58 Å². The SMILES string of the molecule is C=CCC1(C)CCN(C(=O)OCc2ccccc2)C1. The monoisotopic (exact) mass is 259 g/mol. The van der Waals surface area contributed by atoms with Crippen molar-refractivity contribution in [2.75, 3.05) is 13.1 Å². The summed E-state index contributed by atoms with van der Waals surface area (Å²) in [7, 11) is 0. The van der Waals surface area contributed by atoms with Gasteiger partial charge in [0.2, 0.25) is 0 Å². The van der Waals surface area contributed by atoms with Crippen LogP contribution in [0.15, 0.2) is 43.0 Å². The van der Waals surface area contributed by atoms with Gasteiger partial charge in [0, 0.05) is 13.1 Å². The summed E-state index contributed by atoms with van der Waals surface area (Å²) >= 11 is 0. The van der Waals surface area contributed by atoms with E-state index in [2.05, 4.69) is 13.5 Å². The molecule has 0 radical (unpaired) electrons. The van der Waals surface area contributed by atoms with E-state index in [0.717, 1.165) is 31.5 Å². The van der Waals surface area contributed by atoms with Crippen LogP contribution in [-0.2, 0) is 11.3 Å². The van der Waals surface area contributed by atoms with Gasteiger partial charge in [0.25, 0.3) is 0 Å². The van der Waals surface area contributed by atoms with Crippen LogP contribution in [0.4, 0.5) is 4.79 Å². The molecule has 1 aromatic rings. The first-order chi connectivity index (χ1) is 9.13. The number of allylic oxidation sites excluding steroid dienone is 1. The van der Waals surface area contributed by atoms with E-state index in [-0.39, 0.29) is 11.5 Å². The summed E-state index contributed by atoms with van der Waals surface area (Å²) in [5.41, 5.74) is 1.18. The second kappa shape index (κ2) is 5.91. The molecule has 2 rings (SSSR count). The summed E-state index contributed by atoms with van der Waals surface area (Å²) < 4.78 is 5.34. The van der Waals surface area contributed by atoms with Crippen LogP contribution in [0.1, 0.15) is 25.3 Å². The van der Waals surface area contributed by atoms with E-state index < -0.39 is 0 Å². The summed E-state index contributed by atoms with van der Waals surface area (Å²) in [5, 5.41) is 0. The first kappa shape index (κ1) is 13.7. The van der Waals surface area contributed by atoms with Gasteiger partial charge in [-0.1, -0.05) is 43.3 Å². The molecule has 1 aliphatic heterocycles. The lowest BCUT2D eigenvalue weighted by Gasteiger charge is -2.22. The molecule has 1 aliphatic rings. The molecule has 19 heavy (non-hydrogen) atoms. The number of nitrogens with zero attached hydrogens (tertiary/aromatic N) is 1. The second-order valence-electron chi connectivity index (χ2n) is 5.52. The highest BCUT2D eigenvalue weighted by Gasteiger charge is 2.35. The number of benzene rings is 1. The summed E-state index contributed by atoms with van der Waals surface area (Å²) in [6.07, 6.45) is 3.67. The minimum atomic E-state index is -0.211. The Bertz CT molecular complexity index is 443. The van der Waals surface area contributed by atoms with Crippen LogP contribution in [0.2, 0.25) is 0 Å². The summed E-state index contributed by atoms with van der Waals surface area (Å²) in [6.45, 7) is 7.85. The molecule has 3 heteroatoms. The van der Waals surface area contributed by atoms with E-state index in [0.29, 0.717) is 6.61 Å². The van der Waals surface area contributed by atoms with Crippen molar-refractivity contribution in [2.45, 2.75) is 26.4 Å². The Kier molecular flexibility index (Phi) is 4.25. The lowest BCUT2D eigenvalue weighted by molar-refractivity contribution is 0.100. The Morgan fingerprint density at radius 1 is 1.47 bits per heavy atom. The maximum atomic E-state index is 12.0. The number of hydrogen-bond donors (Lipinski definition) is 0. The number of rotatable bonds is 4. The van der Waals surface area contributed by atoms with Crippen LogP contribution in [0.5, 0.6) is 0 Å². The van der Waals surface area contributed by atoms with Crippen LogP contribution < -0.4 is 0 Å². The molecule has 0 aromatic heterocycles. The number of amides is 1. The fourth-order valence-electron chi connectivity index (χ4n) is 2.51. The number of hydrogen-bond acceptors (Lipinski definition) is 2.